The quantitative estimate of drug-likeness (QED) is 0.599. The van der Waals surface area contributed by atoms with Crippen LogP contribution in [0.4, 0.5) is 5.69 Å². The van der Waals surface area contributed by atoms with Crippen molar-refractivity contribution in [3.8, 4) is 11.3 Å². The number of hydrogen-bond donors (Lipinski definition) is 1. The fourth-order valence-corrected chi connectivity index (χ4v) is 2.76. The lowest BCUT2D eigenvalue weighted by Crippen LogP contribution is -2.11. The van der Waals surface area contributed by atoms with Gasteiger partial charge in [0.15, 0.2) is 0 Å². The van der Waals surface area contributed by atoms with Gasteiger partial charge in [0.2, 0.25) is 0 Å². The molecular formula is C21H17N3O. The normalized spacial score (nSPS) is 10.8. The Bertz CT molecular complexity index is 1030. The number of benzene rings is 2. The molecule has 0 fully saturated rings. The number of pyridine rings is 1. The lowest BCUT2D eigenvalue weighted by atomic mass is 10.1. The van der Waals surface area contributed by atoms with E-state index in [4.69, 9.17) is 0 Å². The van der Waals surface area contributed by atoms with Gasteiger partial charge in [-0.25, -0.2) is 4.98 Å². The number of nitrogens with one attached hydrogen (secondary N) is 1. The number of nitrogens with zero attached hydrogens (tertiary/aromatic N) is 2. The minimum atomic E-state index is -0.114. The van der Waals surface area contributed by atoms with E-state index < -0.39 is 0 Å². The Morgan fingerprint density at radius 2 is 1.68 bits per heavy atom. The molecule has 0 saturated heterocycles. The van der Waals surface area contributed by atoms with Crippen LogP contribution < -0.4 is 5.32 Å². The molecule has 4 aromatic rings. The summed E-state index contributed by atoms with van der Waals surface area (Å²) in [6.45, 7) is 2.06. The van der Waals surface area contributed by atoms with Crippen LogP contribution in [0, 0.1) is 6.92 Å². The van der Waals surface area contributed by atoms with Gasteiger partial charge in [0.05, 0.1) is 5.69 Å². The van der Waals surface area contributed by atoms with Gasteiger partial charge in [-0.05, 0) is 42.8 Å². The zero-order chi connectivity index (χ0) is 17.2. The highest BCUT2D eigenvalue weighted by atomic mass is 16.1. The summed E-state index contributed by atoms with van der Waals surface area (Å²) in [7, 11) is 0. The molecule has 1 N–H and O–H groups in total. The van der Waals surface area contributed by atoms with Gasteiger partial charge in [0.25, 0.3) is 5.91 Å². The number of fused-ring (bicyclic) bond motifs is 1. The third-order valence-electron chi connectivity index (χ3n) is 4.07. The van der Waals surface area contributed by atoms with Crippen molar-refractivity contribution in [2.45, 2.75) is 6.92 Å². The largest absolute Gasteiger partial charge is 0.322 e. The molecule has 122 valence electrons. The summed E-state index contributed by atoms with van der Waals surface area (Å²) in [4.78, 5) is 16.8. The fraction of sp³-hybridized carbons (Fsp3) is 0.0476. The number of imidazole rings is 1. The molecule has 2 aromatic carbocycles. The van der Waals surface area contributed by atoms with Crippen molar-refractivity contribution >= 4 is 17.2 Å². The second-order valence-electron chi connectivity index (χ2n) is 6.00. The molecule has 0 saturated carbocycles. The molecule has 0 aliphatic rings. The summed E-state index contributed by atoms with van der Waals surface area (Å²) in [5.74, 6) is -0.114. The van der Waals surface area contributed by atoms with Crippen molar-refractivity contribution in [3.63, 3.8) is 0 Å². The van der Waals surface area contributed by atoms with Crippen molar-refractivity contribution in [2.24, 2.45) is 0 Å². The second-order valence-corrected chi connectivity index (χ2v) is 6.00. The van der Waals surface area contributed by atoms with Crippen LogP contribution in [-0.4, -0.2) is 15.3 Å². The molecule has 0 aliphatic carbocycles. The Morgan fingerprint density at radius 1 is 0.920 bits per heavy atom. The molecule has 25 heavy (non-hydrogen) atoms. The van der Waals surface area contributed by atoms with Crippen LogP contribution in [0.25, 0.3) is 16.9 Å². The van der Waals surface area contributed by atoms with Crippen LogP contribution in [0.1, 0.15) is 15.9 Å². The Kier molecular flexibility index (Phi) is 3.78. The van der Waals surface area contributed by atoms with Crippen LogP contribution >= 0.6 is 0 Å². The van der Waals surface area contributed by atoms with E-state index in [1.54, 1.807) is 12.1 Å². The SMILES string of the molecule is Cc1ccc2nc(-c3ccc(NC(=O)c4ccccc4)cc3)cn2c1. The number of aromatic nitrogens is 2. The maximum atomic E-state index is 12.2. The van der Waals surface area contributed by atoms with Gasteiger partial charge in [-0.15, -0.1) is 0 Å². The summed E-state index contributed by atoms with van der Waals surface area (Å²) in [6, 6.07) is 21.0. The number of amides is 1. The van der Waals surface area contributed by atoms with Gasteiger partial charge in [-0.1, -0.05) is 36.4 Å². The smallest absolute Gasteiger partial charge is 0.255 e. The maximum Gasteiger partial charge on any atom is 0.255 e. The first-order valence-electron chi connectivity index (χ1n) is 8.11. The first-order valence-corrected chi connectivity index (χ1v) is 8.11. The lowest BCUT2D eigenvalue weighted by molar-refractivity contribution is 0.102. The molecule has 4 nitrogen and oxygen atoms in total. The average molecular weight is 327 g/mol. The second kappa shape index (κ2) is 6.24. The van der Waals surface area contributed by atoms with Crippen LogP contribution in [-0.2, 0) is 0 Å². The Hall–Kier alpha value is -3.40. The molecule has 0 radical (unpaired) electrons. The van der Waals surface area contributed by atoms with E-state index in [0.29, 0.717) is 5.56 Å². The molecule has 1 amide bonds. The molecule has 0 bridgehead atoms. The van der Waals surface area contributed by atoms with E-state index in [-0.39, 0.29) is 5.91 Å². The van der Waals surface area contributed by atoms with Crippen molar-refractivity contribution in [2.75, 3.05) is 5.32 Å². The lowest BCUT2D eigenvalue weighted by Gasteiger charge is -2.05. The van der Waals surface area contributed by atoms with Gasteiger partial charge >= 0.3 is 0 Å². The number of hydrogen-bond acceptors (Lipinski definition) is 2. The fourth-order valence-electron chi connectivity index (χ4n) is 2.76. The van der Waals surface area contributed by atoms with E-state index in [1.807, 2.05) is 65.2 Å². The molecule has 0 atom stereocenters. The van der Waals surface area contributed by atoms with Crippen LogP contribution in [0.15, 0.2) is 79.1 Å². The van der Waals surface area contributed by atoms with Crippen molar-refractivity contribution < 1.29 is 4.79 Å². The summed E-state index contributed by atoms with van der Waals surface area (Å²) in [6.07, 6.45) is 4.07. The minimum Gasteiger partial charge on any atom is -0.322 e. The number of carbonyl (C=O) groups is 1. The maximum absolute atomic E-state index is 12.2. The highest BCUT2D eigenvalue weighted by molar-refractivity contribution is 6.04. The van der Waals surface area contributed by atoms with E-state index >= 15 is 0 Å². The number of anilines is 1. The van der Waals surface area contributed by atoms with Gasteiger partial charge in [0, 0.05) is 29.2 Å². The van der Waals surface area contributed by atoms with Crippen LogP contribution in [0.5, 0.6) is 0 Å². The van der Waals surface area contributed by atoms with E-state index in [2.05, 4.69) is 23.4 Å². The molecule has 0 unspecified atom stereocenters. The van der Waals surface area contributed by atoms with Gasteiger partial charge < -0.3 is 9.72 Å². The standard InChI is InChI=1S/C21H17N3O/c1-15-7-12-20-23-19(14-24(20)13-15)16-8-10-18(11-9-16)22-21(25)17-5-3-2-4-6-17/h2-14H,1H3,(H,22,25). The van der Waals surface area contributed by atoms with Crippen molar-refractivity contribution in [1.82, 2.24) is 9.38 Å². The predicted octanol–water partition coefficient (Wildman–Crippen LogP) is 4.56. The van der Waals surface area contributed by atoms with E-state index in [9.17, 15) is 4.79 Å². The van der Waals surface area contributed by atoms with E-state index in [1.165, 1.54) is 5.56 Å². The monoisotopic (exact) mass is 327 g/mol. The Balaban J connectivity index is 1.56. The zero-order valence-corrected chi connectivity index (χ0v) is 13.8. The molecule has 4 rings (SSSR count). The average Bonchev–Trinajstić information content (AvgIpc) is 3.06. The van der Waals surface area contributed by atoms with Gasteiger partial charge in [0.1, 0.15) is 5.65 Å². The third-order valence-corrected chi connectivity index (χ3v) is 4.07. The summed E-state index contributed by atoms with van der Waals surface area (Å²) >= 11 is 0. The molecule has 2 aromatic heterocycles. The number of carbonyl (C=O) groups excluding carboxylic acids is 1. The van der Waals surface area contributed by atoms with Gasteiger partial charge in [-0.2, -0.15) is 0 Å². The zero-order valence-electron chi connectivity index (χ0n) is 13.8. The molecule has 0 aliphatic heterocycles. The van der Waals surface area contributed by atoms with Crippen molar-refractivity contribution in [1.29, 1.82) is 0 Å². The Morgan fingerprint density at radius 3 is 2.44 bits per heavy atom. The third kappa shape index (κ3) is 3.15. The molecule has 0 spiro atoms. The number of aryl methyl sites for hydroxylation is 1. The molecular weight excluding hydrogens is 310 g/mol. The van der Waals surface area contributed by atoms with E-state index in [0.717, 1.165) is 22.6 Å². The van der Waals surface area contributed by atoms with Crippen LogP contribution in [0.3, 0.4) is 0 Å². The summed E-state index contributed by atoms with van der Waals surface area (Å²) in [5, 5.41) is 2.91. The van der Waals surface area contributed by atoms with Crippen molar-refractivity contribution in [3.05, 3.63) is 90.3 Å². The first kappa shape index (κ1) is 15.1. The topological polar surface area (TPSA) is 46.4 Å². The van der Waals surface area contributed by atoms with Gasteiger partial charge in [-0.3, -0.25) is 4.79 Å². The Labute approximate surface area is 145 Å². The summed E-state index contributed by atoms with van der Waals surface area (Å²) in [5.41, 5.74) is 5.43. The van der Waals surface area contributed by atoms with Crippen LogP contribution in [0.2, 0.25) is 0 Å². The molecule has 2 heterocycles. The first-order chi connectivity index (χ1) is 12.2. The highest BCUT2D eigenvalue weighted by Gasteiger charge is 2.07. The summed E-state index contributed by atoms with van der Waals surface area (Å²) < 4.78 is 2.02. The molecule has 4 heteroatoms. The minimum absolute atomic E-state index is 0.114. The predicted molar refractivity (Wildman–Crippen MR) is 99.8 cm³/mol. The highest BCUT2D eigenvalue weighted by Crippen LogP contribution is 2.22. The number of rotatable bonds is 3.